The fourth-order valence-electron chi connectivity index (χ4n) is 2.51. The van der Waals surface area contributed by atoms with Crippen molar-refractivity contribution in [1.82, 2.24) is 14.7 Å². The van der Waals surface area contributed by atoms with Crippen molar-refractivity contribution in [2.24, 2.45) is 7.05 Å². The van der Waals surface area contributed by atoms with Gasteiger partial charge in [-0.05, 0) is 39.8 Å². The van der Waals surface area contributed by atoms with E-state index in [1.54, 1.807) is 0 Å². The van der Waals surface area contributed by atoms with Crippen LogP contribution in [0.4, 0.5) is 0 Å². The zero-order chi connectivity index (χ0) is 11.7. The summed E-state index contributed by atoms with van der Waals surface area (Å²) in [6.45, 7) is 6.09. The molecule has 0 bridgehead atoms. The van der Waals surface area contributed by atoms with Crippen molar-refractivity contribution < 1.29 is 0 Å². The normalized spacial score (nSPS) is 18.6. The Morgan fingerprint density at radius 2 is 1.94 bits per heavy atom. The standard InChI is InChI=1S/C12H18N4/c1-9-12(10(2)15(3)14-9)11(8-13)16-6-4-5-7-16/h11H,4-7H2,1-3H3. The van der Waals surface area contributed by atoms with Gasteiger partial charge >= 0.3 is 0 Å². The topological polar surface area (TPSA) is 44.9 Å². The van der Waals surface area contributed by atoms with Crippen molar-refractivity contribution in [2.75, 3.05) is 13.1 Å². The molecular weight excluding hydrogens is 200 g/mol. The second-order valence-electron chi connectivity index (χ2n) is 4.48. The molecule has 1 atom stereocenters. The van der Waals surface area contributed by atoms with E-state index in [-0.39, 0.29) is 6.04 Å². The van der Waals surface area contributed by atoms with Gasteiger partial charge in [0.15, 0.2) is 0 Å². The van der Waals surface area contributed by atoms with E-state index in [0.717, 1.165) is 30.0 Å². The number of aromatic nitrogens is 2. The summed E-state index contributed by atoms with van der Waals surface area (Å²) in [5.74, 6) is 0. The van der Waals surface area contributed by atoms with Crippen LogP contribution in [0.1, 0.15) is 35.8 Å². The predicted octanol–water partition coefficient (Wildman–Crippen LogP) is 1.70. The molecule has 0 saturated carbocycles. The maximum absolute atomic E-state index is 9.37. The van der Waals surface area contributed by atoms with Crippen molar-refractivity contribution in [3.05, 3.63) is 17.0 Å². The minimum Gasteiger partial charge on any atom is -0.284 e. The Morgan fingerprint density at radius 1 is 1.31 bits per heavy atom. The first-order chi connectivity index (χ1) is 7.65. The van der Waals surface area contributed by atoms with Crippen LogP contribution in [0, 0.1) is 25.2 Å². The molecule has 0 radical (unpaired) electrons. The number of hydrogen-bond donors (Lipinski definition) is 0. The van der Waals surface area contributed by atoms with Gasteiger partial charge in [-0.25, -0.2) is 0 Å². The molecule has 1 saturated heterocycles. The smallest absolute Gasteiger partial charge is 0.127 e. The van der Waals surface area contributed by atoms with Gasteiger partial charge in [0.25, 0.3) is 0 Å². The molecule has 0 N–H and O–H groups in total. The maximum atomic E-state index is 9.37. The third-order valence-corrected chi connectivity index (χ3v) is 3.47. The highest BCUT2D eigenvalue weighted by Gasteiger charge is 2.27. The minimum atomic E-state index is -0.115. The zero-order valence-electron chi connectivity index (χ0n) is 10.2. The average molecular weight is 218 g/mol. The van der Waals surface area contributed by atoms with Crippen LogP contribution in [0.25, 0.3) is 0 Å². The SMILES string of the molecule is Cc1nn(C)c(C)c1C(C#N)N1CCCC1. The van der Waals surface area contributed by atoms with E-state index in [9.17, 15) is 5.26 Å². The fraction of sp³-hybridized carbons (Fsp3) is 0.667. The summed E-state index contributed by atoms with van der Waals surface area (Å²) in [6.07, 6.45) is 2.41. The van der Waals surface area contributed by atoms with Gasteiger partial charge in [0, 0.05) is 18.3 Å². The summed E-state index contributed by atoms with van der Waals surface area (Å²) in [4.78, 5) is 2.26. The highest BCUT2D eigenvalue weighted by Crippen LogP contribution is 2.28. The predicted molar refractivity (Wildman–Crippen MR) is 61.8 cm³/mol. The van der Waals surface area contributed by atoms with E-state index in [1.807, 2.05) is 25.6 Å². The summed E-state index contributed by atoms with van der Waals surface area (Å²) in [7, 11) is 1.93. The van der Waals surface area contributed by atoms with Gasteiger partial charge in [0.1, 0.15) is 6.04 Å². The summed E-state index contributed by atoms with van der Waals surface area (Å²) >= 11 is 0. The molecule has 1 fully saturated rings. The summed E-state index contributed by atoms with van der Waals surface area (Å²) < 4.78 is 1.87. The molecule has 0 amide bonds. The minimum absolute atomic E-state index is 0.115. The van der Waals surface area contributed by atoms with E-state index < -0.39 is 0 Å². The van der Waals surface area contributed by atoms with Crippen molar-refractivity contribution in [3.8, 4) is 6.07 Å². The van der Waals surface area contributed by atoms with E-state index in [0.29, 0.717) is 0 Å². The molecule has 86 valence electrons. The van der Waals surface area contributed by atoms with Gasteiger partial charge in [-0.15, -0.1) is 0 Å². The van der Waals surface area contributed by atoms with Crippen LogP contribution >= 0.6 is 0 Å². The molecule has 1 aliphatic rings. The lowest BCUT2D eigenvalue weighted by Gasteiger charge is -2.21. The Morgan fingerprint density at radius 3 is 2.38 bits per heavy atom. The Labute approximate surface area is 96.5 Å². The van der Waals surface area contributed by atoms with Gasteiger partial charge in [-0.1, -0.05) is 0 Å². The van der Waals surface area contributed by atoms with Crippen molar-refractivity contribution in [2.45, 2.75) is 32.7 Å². The number of nitriles is 1. The Hall–Kier alpha value is -1.34. The van der Waals surface area contributed by atoms with Crippen LogP contribution < -0.4 is 0 Å². The number of aryl methyl sites for hydroxylation is 2. The molecule has 16 heavy (non-hydrogen) atoms. The van der Waals surface area contributed by atoms with Crippen LogP contribution in [0.3, 0.4) is 0 Å². The Kier molecular flexibility index (Phi) is 2.97. The van der Waals surface area contributed by atoms with Gasteiger partial charge < -0.3 is 0 Å². The summed E-state index contributed by atoms with van der Waals surface area (Å²) in [6, 6.07) is 2.31. The van der Waals surface area contributed by atoms with E-state index in [4.69, 9.17) is 0 Å². The lowest BCUT2D eigenvalue weighted by Crippen LogP contribution is -2.25. The second kappa shape index (κ2) is 4.26. The molecule has 4 nitrogen and oxygen atoms in total. The third kappa shape index (κ3) is 1.72. The van der Waals surface area contributed by atoms with E-state index >= 15 is 0 Å². The number of likely N-dealkylation sites (tertiary alicyclic amines) is 1. The van der Waals surface area contributed by atoms with Crippen molar-refractivity contribution in [3.63, 3.8) is 0 Å². The molecule has 4 heteroatoms. The molecule has 1 aliphatic heterocycles. The number of hydrogen-bond acceptors (Lipinski definition) is 3. The molecule has 0 aliphatic carbocycles. The van der Waals surface area contributed by atoms with Crippen molar-refractivity contribution in [1.29, 1.82) is 5.26 Å². The van der Waals surface area contributed by atoms with Gasteiger partial charge in [-0.2, -0.15) is 10.4 Å². The van der Waals surface area contributed by atoms with Gasteiger partial charge in [-0.3, -0.25) is 9.58 Å². The first-order valence-electron chi connectivity index (χ1n) is 5.79. The first kappa shape index (κ1) is 11.2. The van der Waals surface area contributed by atoms with Crippen LogP contribution in [0.15, 0.2) is 0 Å². The quantitative estimate of drug-likeness (QED) is 0.759. The Bertz CT molecular complexity index is 421. The number of rotatable bonds is 2. The lowest BCUT2D eigenvalue weighted by molar-refractivity contribution is 0.293. The molecular formula is C12H18N4. The van der Waals surface area contributed by atoms with Crippen LogP contribution in [0.5, 0.6) is 0 Å². The van der Waals surface area contributed by atoms with Crippen molar-refractivity contribution >= 4 is 0 Å². The fourth-order valence-corrected chi connectivity index (χ4v) is 2.51. The van der Waals surface area contributed by atoms with E-state index in [2.05, 4.69) is 16.1 Å². The molecule has 0 spiro atoms. The third-order valence-electron chi connectivity index (χ3n) is 3.47. The molecule has 0 aromatic carbocycles. The van der Waals surface area contributed by atoms with Gasteiger partial charge in [0.05, 0.1) is 11.8 Å². The van der Waals surface area contributed by atoms with Crippen LogP contribution in [-0.4, -0.2) is 27.8 Å². The lowest BCUT2D eigenvalue weighted by atomic mass is 10.0. The summed E-state index contributed by atoms with van der Waals surface area (Å²) in [5, 5.41) is 13.8. The Balaban J connectivity index is 2.37. The molecule has 1 aromatic heterocycles. The first-order valence-corrected chi connectivity index (χ1v) is 5.79. The molecule has 2 heterocycles. The number of nitrogens with zero attached hydrogens (tertiary/aromatic N) is 4. The van der Waals surface area contributed by atoms with E-state index in [1.165, 1.54) is 12.8 Å². The second-order valence-corrected chi connectivity index (χ2v) is 4.48. The maximum Gasteiger partial charge on any atom is 0.127 e. The zero-order valence-corrected chi connectivity index (χ0v) is 10.2. The largest absolute Gasteiger partial charge is 0.284 e. The highest BCUT2D eigenvalue weighted by atomic mass is 15.3. The summed E-state index contributed by atoms with van der Waals surface area (Å²) in [5.41, 5.74) is 3.20. The molecule has 2 rings (SSSR count). The highest BCUT2D eigenvalue weighted by molar-refractivity contribution is 5.32. The van der Waals surface area contributed by atoms with Crippen LogP contribution in [0.2, 0.25) is 0 Å². The monoisotopic (exact) mass is 218 g/mol. The average Bonchev–Trinajstić information content (AvgIpc) is 2.84. The van der Waals surface area contributed by atoms with Crippen LogP contribution in [-0.2, 0) is 7.05 Å². The molecule has 1 aromatic rings. The molecule has 1 unspecified atom stereocenters. The van der Waals surface area contributed by atoms with Gasteiger partial charge in [0.2, 0.25) is 0 Å².